The molecule has 0 saturated heterocycles. The van der Waals surface area contributed by atoms with Crippen molar-refractivity contribution in [3.05, 3.63) is 12.2 Å². The van der Waals surface area contributed by atoms with Crippen LogP contribution in [0.1, 0.15) is 26.2 Å². The Hall–Kier alpha value is -0.790. The lowest BCUT2D eigenvalue weighted by Gasteiger charge is -1.84. The first-order valence-electron chi connectivity index (χ1n) is 3.15. The molecule has 0 aromatic rings. The molecule has 0 rings (SSSR count). The minimum atomic E-state index is -1.11. The number of carbonyl (C=O) groups excluding carboxylic acids is 1. The van der Waals surface area contributed by atoms with Crippen LogP contribution in [-0.4, -0.2) is 5.97 Å². The number of hydrogen-bond donors (Lipinski definition) is 0. The van der Waals surface area contributed by atoms with Crippen LogP contribution in [0.2, 0.25) is 0 Å². The molecule has 0 aromatic carbocycles. The molecule has 2 heteroatoms. The third-order valence-electron chi connectivity index (χ3n) is 0.978. The maximum Gasteiger partial charge on any atom is 0.378 e. The smallest absolute Gasteiger partial charge is 0.242 e. The van der Waals surface area contributed by atoms with Crippen LogP contribution in [0, 0.1) is 0 Å². The first-order valence-corrected chi connectivity index (χ1v) is 3.15. The van der Waals surface area contributed by atoms with Crippen molar-refractivity contribution >= 4 is 5.97 Å². The maximum absolute atomic E-state index is 9.76. The molecule has 0 amide bonds. The summed E-state index contributed by atoms with van der Waals surface area (Å²) in [6.45, 7) is 2.06. The molecule has 0 aliphatic heterocycles. The Balaban J connectivity index is 3.15. The van der Waals surface area contributed by atoms with E-state index < -0.39 is 5.97 Å². The Kier molecular flexibility index (Phi) is 4.88. The fourth-order valence-corrected chi connectivity index (χ4v) is 0.502. The summed E-state index contributed by atoms with van der Waals surface area (Å²) in [7, 11) is 0. The van der Waals surface area contributed by atoms with Crippen LogP contribution in [0.5, 0.6) is 0 Å². The van der Waals surface area contributed by atoms with Gasteiger partial charge in [0.2, 0.25) is 0 Å². The number of allylic oxidation sites excluding steroid dienone is 1. The molecule has 0 bridgehead atoms. The highest BCUT2D eigenvalue weighted by Gasteiger charge is 1.86. The van der Waals surface area contributed by atoms with Crippen LogP contribution >= 0.6 is 0 Å². The lowest BCUT2D eigenvalue weighted by Crippen LogP contribution is -1.82. The van der Waals surface area contributed by atoms with Crippen molar-refractivity contribution < 1.29 is 9.90 Å². The Morgan fingerprint density at radius 1 is 1.56 bits per heavy atom. The molecule has 0 fully saturated rings. The minimum absolute atomic E-state index is 0.838. The van der Waals surface area contributed by atoms with E-state index in [9.17, 15) is 9.90 Å². The molecule has 0 saturated carbocycles. The van der Waals surface area contributed by atoms with Crippen molar-refractivity contribution in [1.29, 1.82) is 0 Å². The highest BCUT2D eigenvalue weighted by Crippen LogP contribution is 1.93. The van der Waals surface area contributed by atoms with Crippen LogP contribution in [0.15, 0.2) is 12.2 Å². The number of carbonyl (C=O) groups is 1. The lowest BCUT2D eigenvalue weighted by molar-refractivity contribution is -0.137. The normalized spacial score (nSPS) is 10.3. The zero-order valence-electron chi connectivity index (χ0n) is 5.59. The van der Waals surface area contributed by atoms with Gasteiger partial charge >= 0.3 is 5.97 Å². The largest absolute Gasteiger partial charge is 0.378 e. The van der Waals surface area contributed by atoms with E-state index in [1.54, 1.807) is 6.08 Å². The first-order chi connectivity index (χ1) is 4.27. The van der Waals surface area contributed by atoms with Gasteiger partial charge in [-0.2, -0.15) is 0 Å². The van der Waals surface area contributed by atoms with Gasteiger partial charge in [0.05, 0.1) is 0 Å². The molecule has 0 aliphatic carbocycles. The summed E-state index contributed by atoms with van der Waals surface area (Å²) in [6, 6.07) is 0. The highest BCUT2D eigenvalue weighted by atomic mass is 16.4. The van der Waals surface area contributed by atoms with E-state index in [0.717, 1.165) is 25.3 Å². The summed E-state index contributed by atoms with van der Waals surface area (Å²) < 4.78 is 0. The highest BCUT2D eigenvalue weighted by molar-refractivity contribution is 5.79. The zero-order chi connectivity index (χ0) is 7.11. The van der Waals surface area contributed by atoms with Gasteiger partial charge < -0.3 is 0 Å². The number of rotatable bonds is 4. The summed E-state index contributed by atoms with van der Waals surface area (Å²) in [4.78, 5) is 9.76. The molecule has 0 spiro atoms. The molecule has 0 atom stereocenters. The molecule has 0 heterocycles. The van der Waals surface area contributed by atoms with E-state index in [2.05, 4.69) is 6.92 Å². The maximum atomic E-state index is 9.76. The lowest BCUT2D eigenvalue weighted by atomic mass is 10.2. The molecule has 0 N–H and O–H groups in total. The average Bonchev–Trinajstić information content (AvgIpc) is 1.80. The second-order valence-corrected chi connectivity index (χ2v) is 1.86. The van der Waals surface area contributed by atoms with Crippen molar-refractivity contribution in [2.45, 2.75) is 26.2 Å². The van der Waals surface area contributed by atoms with Gasteiger partial charge in [0.15, 0.2) is 0 Å². The fourth-order valence-electron chi connectivity index (χ4n) is 0.502. The van der Waals surface area contributed by atoms with Crippen LogP contribution < -0.4 is 0 Å². The quantitative estimate of drug-likeness (QED) is 0.418. The van der Waals surface area contributed by atoms with Crippen molar-refractivity contribution in [3.8, 4) is 0 Å². The fraction of sp³-hybridized carbons (Fsp3) is 0.571. The van der Waals surface area contributed by atoms with Gasteiger partial charge in [-0.05, 0) is 6.42 Å². The molecule has 0 aliphatic rings. The second-order valence-electron chi connectivity index (χ2n) is 1.86. The molecule has 0 aromatic heterocycles. The van der Waals surface area contributed by atoms with Gasteiger partial charge in [-0.1, -0.05) is 25.8 Å². The minimum Gasteiger partial charge on any atom is -0.242 e. The van der Waals surface area contributed by atoms with Crippen molar-refractivity contribution in [2.24, 2.45) is 0 Å². The third kappa shape index (κ3) is 7.21. The van der Waals surface area contributed by atoms with Crippen LogP contribution in [-0.2, 0) is 9.90 Å². The van der Waals surface area contributed by atoms with Gasteiger partial charge in [-0.3, -0.25) is 0 Å². The molecule has 9 heavy (non-hydrogen) atoms. The van der Waals surface area contributed by atoms with Gasteiger partial charge in [-0.25, -0.2) is 9.90 Å². The number of hydrogen-bond acceptors (Lipinski definition) is 1. The molecule has 2 nitrogen and oxygen atoms in total. The first kappa shape index (κ1) is 8.21. The molecule has 0 unspecified atom stereocenters. The summed E-state index contributed by atoms with van der Waals surface area (Å²) in [5, 5.41) is 9.76. The molecular weight excluding hydrogens is 116 g/mol. The predicted octanol–water partition coefficient (Wildman–Crippen LogP) is 1.69. The van der Waals surface area contributed by atoms with Crippen LogP contribution in [0.25, 0.3) is 0 Å². The van der Waals surface area contributed by atoms with Gasteiger partial charge in [-0.15, -0.1) is 0 Å². The van der Waals surface area contributed by atoms with Gasteiger partial charge in [0, 0.05) is 6.08 Å². The van der Waals surface area contributed by atoms with Gasteiger partial charge in [0.1, 0.15) is 0 Å². The summed E-state index contributed by atoms with van der Waals surface area (Å²) in [5.74, 6) is -1.11. The summed E-state index contributed by atoms with van der Waals surface area (Å²) >= 11 is 0. The average molecular weight is 127 g/mol. The van der Waals surface area contributed by atoms with Gasteiger partial charge in [0.25, 0.3) is 0 Å². The van der Waals surface area contributed by atoms with E-state index in [1.807, 2.05) is 0 Å². The van der Waals surface area contributed by atoms with E-state index >= 15 is 0 Å². The Bertz CT molecular complexity index is 105. The molecule has 1 radical (unpaired) electrons. The summed E-state index contributed by atoms with van der Waals surface area (Å²) in [5.41, 5.74) is 0. The standard InChI is InChI=1S/C7H11O2/c1-2-3-4-5-6-7(8)9/h5-6H,2-4H2,1H3/b6-5-. The Morgan fingerprint density at radius 2 is 2.22 bits per heavy atom. The SMILES string of the molecule is CCCC/C=C\C([O])=O. The monoisotopic (exact) mass is 127 g/mol. The van der Waals surface area contributed by atoms with E-state index in [4.69, 9.17) is 0 Å². The third-order valence-corrected chi connectivity index (χ3v) is 0.978. The van der Waals surface area contributed by atoms with Crippen molar-refractivity contribution in [3.63, 3.8) is 0 Å². The molecular formula is C7H11O2. The predicted molar refractivity (Wildman–Crippen MR) is 34.4 cm³/mol. The Morgan fingerprint density at radius 3 is 2.67 bits per heavy atom. The Labute approximate surface area is 55.2 Å². The number of unbranched alkanes of at least 4 members (excludes halogenated alkanes) is 2. The summed E-state index contributed by atoms with van der Waals surface area (Å²) in [6.07, 6.45) is 5.68. The van der Waals surface area contributed by atoms with E-state index in [0.29, 0.717) is 0 Å². The zero-order valence-corrected chi connectivity index (χ0v) is 5.59. The van der Waals surface area contributed by atoms with Crippen LogP contribution in [0.4, 0.5) is 0 Å². The van der Waals surface area contributed by atoms with Crippen molar-refractivity contribution in [1.82, 2.24) is 0 Å². The molecule has 51 valence electrons. The topological polar surface area (TPSA) is 37.0 Å². The van der Waals surface area contributed by atoms with E-state index in [-0.39, 0.29) is 0 Å². The van der Waals surface area contributed by atoms with E-state index in [1.165, 1.54) is 0 Å². The van der Waals surface area contributed by atoms with Crippen LogP contribution in [0.3, 0.4) is 0 Å². The van der Waals surface area contributed by atoms with Crippen molar-refractivity contribution in [2.75, 3.05) is 0 Å². The second kappa shape index (κ2) is 5.35.